The van der Waals surface area contributed by atoms with E-state index in [2.05, 4.69) is 5.32 Å². The van der Waals surface area contributed by atoms with E-state index in [1.807, 2.05) is 55.7 Å². The van der Waals surface area contributed by atoms with Crippen molar-refractivity contribution in [3.63, 3.8) is 0 Å². The number of hydrogen-bond acceptors (Lipinski definition) is 5. The van der Waals surface area contributed by atoms with E-state index in [-0.39, 0.29) is 19.1 Å². The maximum atomic E-state index is 13.0. The molecule has 0 aliphatic carbocycles. The van der Waals surface area contributed by atoms with Crippen LogP contribution in [-0.2, 0) is 20.8 Å². The van der Waals surface area contributed by atoms with Gasteiger partial charge in [0.1, 0.15) is 5.69 Å². The highest BCUT2D eigenvalue weighted by molar-refractivity contribution is 6.01. The molecule has 0 fully saturated rings. The van der Waals surface area contributed by atoms with Crippen LogP contribution in [0.5, 0.6) is 0 Å². The van der Waals surface area contributed by atoms with Gasteiger partial charge in [-0.1, -0.05) is 30.3 Å². The highest BCUT2D eigenvalue weighted by Crippen LogP contribution is 2.24. The second-order valence-corrected chi connectivity index (χ2v) is 6.78. The van der Waals surface area contributed by atoms with Gasteiger partial charge in [-0.15, -0.1) is 0 Å². The van der Waals surface area contributed by atoms with Crippen LogP contribution < -0.4 is 5.32 Å². The van der Waals surface area contributed by atoms with Crippen molar-refractivity contribution in [2.45, 2.75) is 47.5 Å². The molecule has 0 saturated carbocycles. The lowest BCUT2D eigenvalue weighted by atomic mass is 10.1. The van der Waals surface area contributed by atoms with Crippen molar-refractivity contribution in [3.05, 3.63) is 58.4 Å². The Morgan fingerprint density at radius 3 is 2.20 bits per heavy atom. The monoisotopic (exact) mass is 416 g/mol. The smallest absolute Gasteiger partial charge is 0.355 e. The number of amides is 1. The number of carbonyl (C=O) groups excluding carboxylic acids is 2. The highest BCUT2D eigenvalue weighted by Gasteiger charge is 2.27. The average Bonchev–Trinajstić information content (AvgIpc) is 2.97. The standard InChI is InChI=1S/C23H32N2O5/c1-6-28-19(29-7-2)14-24-22(26)20-16(4)21(23(27)30-8-3)25(17(20)5)15-18-12-10-9-11-13-18/h9-13,19H,6-8,14-15H2,1-5H3,(H,24,26). The summed E-state index contributed by atoms with van der Waals surface area (Å²) in [6.07, 6.45) is -0.513. The fourth-order valence-corrected chi connectivity index (χ4v) is 3.46. The molecule has 1 aromatic carbocycles. The van der Waals surface area contributed by atoms with Crippen LogP contribution in [0.3, 0.4) is 0 Å². The molecular weight excluding hydrogens is 384 g/mol. The zero-order valence-corrected chi connectivity index (χ0v) is 18.5. The maximum absolute atomic E-state index is 13.0. The van der Waals surface area contributed by atoms with Gasteiger partial charge in [-0.05, 0) is 45.7 Å². The first-order valence-electron chi connectivity index (χ1n) is 10.4. The van der Waals surface area contributed by atoms with Crippen molar-refractivity contribution in [2.24, 2.45) is 0 Å². The van der Waals surface area contributed by atoms with Crippen molar-refractivity contribution < 1.29 is 23.8 Å². The molecule has 0 bridgehead atoms. The van der Waals surface area contributed by atoms with Gasteiger partial charge >= 0.3 is 5.97 Å². The van der Waals surface area contributed by atoms with E-state index >= 15 is 0 Å². The summed E-state index contributed by atoms with van der Waals surface area (Å²) in [7, 11) is 0. The predicted molar refractivity (Wildman–Crippen MR) is 115 cm³/mol. The van der Waals surface area contributed by atoms with E-state index in [1.54, 1.807) is 13.8 Å². The van der Waals surface area contributed by atoms with Crippen LogP contribution >= 0.6 is 0 Å². The predicted octanol–water partition coefficient (Wildman–Crippen LogP) is 3.46. The normalized spacial score (nSPS) is 11.0. The Kier molecular flexibility index (Phi) is 9.08. The lowest BCUT2D eigenvalue weighted by Crippen LogP contribution is -2.35. The third-order valence-corrected chi connectivity index (χ3v) is 4.78. The highest BCUT2D eigenvalue weighted by atomic mass is 16.7. The summed E-state index contributed by atoms with van der Waals surface area (Å²) in [5.74, 6) is -0.707. The molecule has 7 heteroatoms. The van der Waals surface area contributed by atoms with Gasteiger partial charge in [0.15, 0.2) is 6.29 Å². The van der Waals surface area contributed by atoms with Gasteiger partial charge in [-0.25, -0.2) is 4.79 Å². The second-order valence-electron chi connectivity index (χ2n) is 6.78. The number of rotatable bonds is 11. The molecule has 0 aliphatic rings. The minimum atomic E-state index is -0.513. The summed E-state index contributed by atoms with van der Waals surface area (Å²) >= 11 is 0. The van der Waals surface area contributed by atoms with Gasteiger partial charge in [0.2, 0.25) is 0 Å². The van der Waals surface area contributed by atoms with Gasteiger partial charge < -0.3 is 24.1 Å². The van der Waals surface area contributed by atoms with Crippen LogP contribution in [0.15, 0.2) is 30.3 Å². The Hall–Kier alpha value is -2.64. The molecule has 0 radical (unpaired) electrons. The third-order valence-electron chi connectivity index (χ3n) is 4.78. The number of carbonyl (C=O) groups is 2. The number of ether oxygens (including phenoxy) is 3. The molecule has 30 heavy (non-hydrogen) atoms. The van der Waals surface area contributed by atoms with Gasteiger partial charge in [0.05, 0.1) is 18.7 Å². The lowest BCUT2D eigenvalue weighted by molar-refractivity contribution is -0.131. The van der Waals surface area contributed by atoms with E-state index in [4.69, 9.17) is 14.2 Å². The number of nitrogens with one attached hydrogen (secondary N) is 1. The molecule has 7 nitrogen and oxygen atoms in total. The van der Waals surface area contributed by atoms with Crippen molar-refractivity contribution >= 4 is 11.9 Å². The molecule has 1 heterocycles. The third kappa shape index (κ3) is 5.70. The topological polar surface area (TPSA) is 78.8 Å². The van der Waals surface area contributed by atoms with Crippen LogP contribution in [0.2, 0.25) is 0 Å². The zero-order valence-electron chi connectivity index (χ0n) is 18.5. The number of aromatic nitrogens is 1. The fourth-order valence-electron chi connectivity index (χ4n) is 3.46. The molecule has 1 N–H and O–H groups in total. The van der Waals surface area contributed by atoms with Gasteiger partial charge in [-0.3, -0.25) is 4.79 Å². The molecule has 0 saturated heterocycles. The largest absolute Gasteiger partial charge is 0.461 e. The first-order chi connectivity index (χ1) is 14.4. The Labute approximate surface area is 178 Å². The van der Waals surface area contributed by atoms with E-state index in [1.165, 1.54) is 0 Å². The molecule has 0 aliphatic heterocycles. The molecule has 0 unspecified atom stereocenters. The fraction of sp³-hybridized carbons (Fsp3) is 0.478. The Balaban J connectivity index is 2.36. The average molecular weight is 417 g/mol. The van der Waals surface area contributed by atoms with Gasteiger partial charge in [-0.2, -0.15) is 0 Å². The molecule has 2 aromatic rings. The van der Waals surface area contributed by atoms with Crippen LogP contribution in [0.25, 0.3) is 0 Å². The lowest BCUT2D eigenvalue weighted by Gasteiger charge is -2.17. The summed E-state index contributed by atoms with van der Waals surface area (Å²) in [5, 5.41) is 2.87. The van der Waals surface area contributed by atoms with Crippen LogP contribution in [0.4, 0.5) is 0 Å². The minimum Gasteiger partial charge on any atom is -0.461 e. The molecule has 0 spiro atoms. The molecule has 1 aromatic heterocycles. The Morgan fingerprint density at radius 2 is 1.63 bits per heavy atom. The van der Waals surface area contributed by atoms with Crippen molar-refractivity contribution in [2.75, 3.05) is 26.4 Å². The molecule has 1 amide bonds. The summed E-state index contributed by atoms with van der Waals surface area (Å²) in [6.45, 7) is 11.0. The van der Waals surface area contributed by atoms with Gasteiger partial charge in [0.25, 0.3) is 5.91 Å². The first kappa shape index (κ1) is 23.6. The van der Waals surface area contributed by atoms with E-state index in [9.17, 15) is 9.59 Å². The molecule has 0 atom stereocenters. The van der Waals surface area contributed by atoms with Gasteiger partial charge in [0, 0.05) is 25.5 Å². The second kappa shape index (κ2) is 11.5. The Bertz CT molecular complexity index is 839. The summed E-state index contributed by atoms with van der Waals surface area (Å²) in [5.41, 5.74) is 3.21. The SMILES string of the molecule is CCOC(=O)c1c(C)c(C(=O)NCC(OCC)OCC)c(C)n1Cc1ccccc1. The molecular formula is C23H32N2O5. The van der Waals surface area contributed by atoms with E-state index in [0.29, 0.717) is 42.3 Å². The number of hydrogen-bond donors (Lipinski definition) is 1. The van der Waals surface area contributed by atoms with Crippen molar-refractivity contribution in [1.82, 2.24) is 9.88 Å². The summed E-state index contributed by atoms with van der Waals surface area (Å²) < 4.78 is 18.1. The van der Waals surface area contributed by atoms with Crippen molar-refractivity contribution in [3.8, 4) is 0 Å². The van der Waals surface area contributed by atoms with Crippen LogP contribution in [0.1, 0.15) is 58.4 Å². The molecule has 164 valence electrons. The number of benzene rings is 1. The first-order valence-corrected chi connectivity index (χ1v) is 10.4. The van der Waals surface area contributed by atoms with Crippen LogP contribution in [-0.4, -0.2) is 49.1 Å². The minimum absolute atomic E-state index is 0.220. The number of nitrogens with zero attached hydrogens (tertiary/aromatic N) is 1. The maximum Gasteiger partial charge on any atom is 0.355 e. The zero-order chi connectivity index (χ0) is 22.1. The quantitative estimate of drug-likeness (QED) is 0.448. The van der Waals surface area contributed by atoms with E-state index < -0.39 is 12.3 Å². The number of esters is 1. The van der Waals surface area contributed by atoms with Crippen LogP contribution in [0, 0.1) is 13.8 Å². The Morgan fingerprint density at radius 1 is 1.00 bits per heavy atom. The summed E-state index contributed by atoms with van der Waals surface area (Å²) in [4.78, 5) is 25.7. The summed E-state index contributed by atoms with van der Waals surface area (Å²) in [6, 6.07) is 9.80. The van der Waals surface area contributed by atoms with E-state index in [0.717, 1.165) is 5.56 Å². The molecule has 2 rings (SSSR count). The van der Waals surface area contributed by atoms with Crippen molar-refractivity contribution in [1.29, 1.82) is 0 Å².